The molecule has 1 rings (SSSR count). The SMILES string of the molecule is CCOC(=O)NCc1ccc(C=CC(=O)O)cc1. The number of aliphatic carboxylic acids is 1. The number of alkyl carbamates (subject to hydrolysis) is 1. The molecule has 5 nitrogen and oxygen atoms in total. The smallest absolute Gasteiger partial charge is 0.407 e. The van der Waals surface area contributed by atoms with Crippen LogP contribution in [0.4, 0.5) is 4.79 Å². The summed E-state index contributed by atoms with van der Waals surface area (Å²) < 4.78 is 4.73. The molecule has 5 heteroatoms. The summed E-state index contributed by atoms with van der Waals surface area (Å²) in [6.07, 6.45) is 2.13. The van der Waals surface area contributed by atoms with E-state index in [9.17, 15) is 9.59 Å². The lowest BCUT2D eigenvalue weighted by molar-refractivity contribution is -0.131. The zero-order valence-electron chi connectivity index (χ0n) is 10.1. The van der Waals surface area contributed by atoms with Crippen molar-refractivity contribution in [1.29, 1.82) is 0 Å². The maximum atomic E-state index is 11.1. The Morgan fingerprint density at radius 2 is 2.00 bits per heavy atom. The van der Waals surface area contributed by atoms with Gasteiger partial charge in [0.2, 0.25) is 0 Å². The Labute approximate surface area is 105 Å². The van der Waals surface area contributed by atoms with Gasteiger partial charge < -0.3 is 15.2 Å². The first-order valence-corrected chi connectivity index (χ1v) is 5.52. The number of carbonyl (C=O) groups excluding carboxylic acids is 1. The molecule has 18 heavy (non-hydrogen) atoms. The predicted octanol–water partition coefficient (Wildman–Crippen LogP) is 2.03. The van der Waals surface area contributed by atoms with Crippen LogP contribution in [0.5, 0.6) is 0 Å². The van der Waals surface area contributed by atoms with Crippen molar-refractivity contribution < 1.29 is 19.4 Å². The van der Waals surface area contributed by atoms with Gasteiger partial charge in [-0.2, -0.15) is 0 Å². The van der Waals surface area contributed by atoms with Crippen LogP contribution < -0.4 is 5.32 Å². The van der Waals surface area contributed by atoms with Gasteiger partial charge in [-0.05, 0) is 24.1 Å². The highest BCUT2D eigenvalue weighted by Crippen LogP contribution is 2.06. The van der Waals surface area contributed by atoms with Crippen molar-refractivity contribution in [2.24, 2.45) is 0 Å². The summed E-state index contributed by atoms with van der Waals surface area (Å²) >= 11 is 0. The van der Waals surface area contributed by atoms with Crippen molar-refractivity contribution in [2.45, 2.75) is 13.5 Å². The molecule has 0 aromatic heterocycles. The topological polar surface area (TPSA) is 75.6 Å². The number of rotatable bonds is 5. The van der Waals surface area contributed by atoms with Crippen molar-refractivity contribution in [2.75, 3.05) is 6.61 Å². The molecule has 0 radical (unpaired) electrons. The number of ether oxygens (including phenoxy) is 1. The zero-order chi connectivity index (χ0) is 13.4. The Morgan fingerprint density at radius 1 is 1.33 bits per heavy atom. The summed E-state index contributed by atoms with van der Waals surface area (Å²) in [5, 5.41) is 11.1. The average molecular weight is 249 g/mol. The summed E-state index contributed by atoms with van der Waals surface area (Å²) in [6.45, 7) is 2.45. The lowest BCUT2D eigenvalue weighted by Gasteiger charge is -2.05. The number of amides is 1. The Bertz CT molecular complexity index is 437. The normalized spacial score (nSPS) is 10.3. The average Bonchev–Trinajstić information content (AvgIpc) is 2.35. The lowest BCUT2D eigenvalue weighted by atomic mass is 10.1. The first kappa shape index (κ1) is 13.8. The van der Waals surface area contributed by atoms with E-state index in [1.807, 2.05) is 12.1 Å². The minimum Gasteiger partial charge on any atom is -0.478 e. The van der Waals surface area contributed by atoms with Crippen molar-refractivity contribution in [3.63, 3.8) is 0 Å². The van der Waals surface area contributed by atoms with Gasteiger partial charge in [-0.1, -0.05) is 24.3 Å². The van der Waals surface area contributed by atoms with Gasteiger partial charge in [-0.3, -0.25) is 0 Å². The third-order valence-corrected chi connectivity index (χ3v) is 2.11. The van der Waals surface area contributed by atoms with Crippen LogP contribution in [0.1, 0.15) is 18.1 Å². The van der Waals surface area contributed by atoms with Crippen LogP contribution in [0, 0.1) is 0 Å². The highest BCUT2D eigenvalue weighted by atomic mass is 16.5. The molecule has 1 amide bonds. The molecule has 0 bridgehead atoms. The van der Waals surface area contributed by atoms with Gasteiger partial charge in [-0.25, -0.2) is 9.59 Å². The number of benzene rings is 1. The third kappa shape index (κ3) is 5.16. The van der Waals surface area contributed by atoms with Crippen LogP contribution in [-0.2, 0) is 16.1 Å². The quantitative estimate of drug-likeness (QED) is 0.783. The summed E-state index contributed by atoms with van der Waals surface area (Å²) in [5.74, 6) is -0.983. The van der Waals surface area contributed by atoms with E-state index >= 15 is 0 Å². The fourth-order valence-corrected chi connectivity index (χ4v) is 1.27. The van der Waals surface area contributed by atoms with Crippen LogP contribution in [0.2, 0.25) is 0 Å². The summed E-state index contributed by atoms with van der Waals surface area (Å²) in [7, 11) is 0. The maximum Gasteiger partial charge on any atom is 0.407 e. The van der Waals surface area contributed by atoms with E-state index in [1.165, 1.54) is 6.08 Å². The van der Waals surface area contributed by atoms with E-state index in [4.69, 9.17) is 9.84 Å². The first-order valence-electron chi connectivity index (χ1n) is 5.52. The highest BCUT2D eigenvalue weighted by Gasteiger charge is 1.99. The molecule has 0 spiro atoms. The largest absolute Gasteiger partial charge is 0.478 e. The van der Waals surface area contributed by atoms with Crippen LogP contribution in [0.15, 0.2) is 30.3 Å². The first-order chi connectivity index (χ1) is 8.61. The molecule has 0 saturated heterocycles. The van der Waals surface area contributed by atoms with Gasteiger partial charge in [0.05, 0.1) is 6.61 Å². The number of hydrogen-bond acceptors (Lipinski definition) is 3. The van der Waals surface area contributed by atoms with E-state index in [0.29, 0.717) is 13.2 Å². The highest BCUT2D eigenvalue weighted by molar-refractivity contribution is 5.85. The van der Waals surface area contributed by atoms with E-state index in [2.05, 4.69) is 5.32 Å². The number of carboxylic acid groups (broad SMARTS) is 1. The summed E-state index contributed by atoms with van der Waals surface area (Å²) in [5.41, 5.74) is 1.70. The van der Waals surface area contributed by atoms with Crippen molar-refractivity contribution in [3.05, 3.63) is 41.5 Å². The second kappa shape index (κ2) is 7.11. The Morgan fingerprint density at radius 3 is 2.56 bits per heavy atom. The second-order valence-corrected chi connectivity index (χ2v) is 3.49. The number of carbonyl (C=O) groups is 2. The molecule has 0 aliphatic heterocycles. The van der Waals surface area contributed by atoms with Gasteiger partial charge in [0.15, 0.2) is 0 Å². The molecular formula is C13H15NO4. The Balaban J connectivity index is 2.50. The fraction of sp³-hybridized carbons (Fsp3) is 0.231. The minimum absolute atomic E-state index is 0.338. The number of carboxylic acids is 1. The molecule has 96 valence electrons. The Kier molecular flexibility index (Phi) is 5.44. The third-order valence-electron chi connectivity index (χ3n) is 2.11. The zero-order valence-corrected chi connectivity index (χ0v) is 10.1. The molecule has 0 unspecified atom stereocenters. The molecule has 0 atom stereocenters. The molecule has 0 aliphatic rings. The molecule has 2 N–H and O–H groups in total. The molecule has 0 aliphatic carbocycles. The van der Waals surface area contributed by atoms with Gasteiger partial charge >= 0.3 is 12.1 Å². The van der Waals surface area contributed by atoms with E-state index < -0.39 is 12.1 Å². The summed E-state index contributed by atoms with van der Waals surface area (Å²) in [6, 6.07) is 7.19. The molecule has 1 aromatic rings. The van der Waals surface area contributed by atoms with Crippen LogP contribution in [0.25, 0.3) is 6.08 Å². The minimum atomic E-state index is -0.983. The van der Waals surface area contributed by atoms with Crippen LogP contribution in [0.3, 0.4) is 0 Å². The molecule has 1 aromatic carbocycles. The van der Waals surface area contributed by atoms with E-state index in [1.54, 1.807) is 19.1 Å². The maximum absolute atomic E-state index is 11.1. The fourth-order valence-electron chi connectivity index (χ4n) is 1.27. The number of hydrogen-bond donors (Lipinski definition) is 2. The summed E-state index contributed by atoms with van der Waals surface area (Å²) in [4.78, 5) is 21.4. The standard InChI is InChI=1S/C13H15NO4/c1-2-18-13(17)14-9-11-5-3-10(4-6-11)7-8-12(15)16/h3-8H,2,9H2,1H3,(H,14,17)(H,15,16). The van der Waals surface area contributed by atoms with Crippen molar-refractivity contribution in [3.8, 4) is 0 Å². The molecular weight excluding hydrogens is 234 g/mol. The number of nitrogens with one attached hydrogen (secondary N) is 1. The van der Waals surface area contributed by atoms with Crippen LogP contribution in [-0.4, -0.2) is 23.8 Å². The van der Waals surface area contributed by atoms with Gasteiger partial charge in [-0.15, -0.1) is 0 Å². The van der Waals surface area contributed by atoms with Gasteiger partial charge in [0.25, 0.3) is 0 Å². The molecule has 0 heterocycles. The van der Waals surface area contributed by atoms with Crippen LogP contribution >= 0.6 is 0 Å². The van der Waals surface area contributed by atoms with Crippen molar-refractivity contribution >= 4 is 18.1 Å². The Hall–Kier alpha value is -2.30. The van der Waals surface area contributed by atoms with Crippen molar-refractivity contribution in [1.82, 2.24) is 5.32 Å². The van der Waals surface area contributed by atoms with Gasteiger partial charge in [0, 0.05) is 12.6 Å². The second-order valence-electron chi connectivity index (χ2n) is 3.49. The monoisotopic (exact) mass is 249 g/mol. The predicted molar refractivity (Wildman–Crippen MR) is 67.0 cm³/mol. The van der Waals surface area contributed by atoms with E-state index in [0.717, 1.165) is 17.2 Å². The van der Waals surface area contributed by atoms with Gasteiger partial charge in [0.1, 0.15) is 0 Å². The molecule has 0 saturated carbocycles. The van der Waals surface area contributed by atoms with E-state index in [-0.39, 0.29) is 0 Å². The molecule has 0 fully saturated rings. The lowest BCUT2D eigenvalue weighted by Crippen LogP contribution is -2.23.